The number of alkyl halides is 4. The average Bonchev–Trinajstić information content (AvgIpc) is 2.26. The third kappa shape index (κ3) is 7.04. The summed E-state index contributed by atoms with van der Waals surface area (Å²) in [5.41, 5.74) is -2.97. The van der Waals surface area contributed by atoms with Crippen molar-refractivity contribution in [2.45, 2.75) is 18.3 Å². The van der Waals surface area contributed by atoms with Gasteiger partial charge in [0.1, 0.15) is 0 Å². The summed E-state index contributed by atoms with van der Waals surface area (Å²) in [4.78, 5) is 0. The zero-order valence-electron chi connectivity index (χ0n) is 9.51. The highest BCUT2D eigenvalue weighted by Crippen LogP contribution is 2.32. The molecule has 0 N–H and O–H groups in total. The summed E-state index contributed by atoms with van der Waals surface area (Å²) in [6, 6.07) is 7.88. The van der Waals surface area contributed by atoms with Crippen LogP contribution in [0.2, 0.25) is 0 Å². The molecule has 0 amide bonds. The van der Waals surface area contributed by atoms with E-state index in [1.165, 1.54) is 0 Å². The monoisotopic (exact) mass is 404 g/mol. The molecule has 0 aromatic heterocycles. The molecular weight excluding hydrogens is 393 g/mol. The Hall–Kier alpha value is 0.320. The van der Waals surface area contributed by atoms with Crippen molar-refractivity contribution in [1.29, 1.82) is 0 Å². The van der Waals surface area contributed by atoms with Crippen LogP contribution in [0.1, 0.15) is 12.0 Å². The molecule has 102 valence electrons. The van der Waals surface area contributed by atoms with Crippen LogP contribution < -0.4 is 0 Å². The predicted molar refractivity (Wildman–Crippen MR) is 78.3 cm³/mol. The Labute approximate surface area is 126 Å². The fraction of sp³-hybridized carbons (Fsp3) is 0.500. The summed E-state index contributed by atoms with van der Waals surface area (Å²) >= 11 is 6.82. The van der Waals surface area contributed by atoms with Crippen LogP contribution in [0, 0.1) is 5.92 Å². The quantitative estimate of drug-likeness (QED) is 0.551. The lowest BCUT2D eigenvalue weighted by Gasteiger charge is -2.14. The fourth-order valence-corrected chi connectivity index (χ4v) is 3.25. The Balaban J connectivity index is 2.42. The van der Waals surface area contributed by atoms with Gasteiger partial charge < -0.3 is 0 Å². The lowest BCUT2D eigenvalue weighted by atomic mass is 9.99. The van der Waals surface area contributed by atoms with E-state index < -0.39 is 5.51 Å². The Morgan fingerprint density at radius 3 is 2.56 bits per heavy atom. The van der Waals surface area contributed by atoms with E-state index in [4.69, 9.17) is 0 Å². The average molecular weight is 406 g/mol. The van der Waals surface area contributed by atoms with Gasteiger partial charge in [-0.25, -0.2) is 0 Å². The number of rotatable bonds is 6. The molecule has 1 atom stereocenters. The first kappa shape index (κ1) is 16.4. The largest absolute Gasteiger partial charge is 0.441 e. The van der Waals surface area contributed by atoms with Crippen LogP contribution in [0.4, 0.5) is 13.2 Å². The van der Waals surface area contributed by atoms with E-state index in [1.54, 1.807) is 0 Å². The Morgan fingerprint density at radius 2 is 2.00 bits per heavy atom. The summed E-state index contributed by atoms with van der Waals surface area (Å²) in [5.74, 6) is 0.350. The molecule has 0 nitrogen and oxygen atoms in total. The van der Waals surface area contributed by atoms with E-state index in [2.05, 4.69) is 31.9 Å². The van der Waals surface area contributed by atoms with Gasteiger partial charge in [0, 0.05) is 15.6 Å². The molecule has 0 heterocycles. The topological polar surface area (TPSA) is 0 Å². The highest BCUT2D eigenvalue weighted by atomic mass is 79.9. The Bertz CT molecular complexity index is 369. The van der Waals surface area contributed by atoms with Crippen molar-refractivity contribution in [2.75, 3.05) is 11.1 Å². The molecule has 0 saturated carbocycles. The van der Waals surface area contributed by atoms with E-state index in [-0.39, 0.29) is 23.4 Å². The summed E-state index contributed by atoms with van der Waals surface area (Å²) < 4.78 is 37.1. The van der Waals surface area contributed by atoms with E-state index in [0.29, 0.717) is 6.42 Å². The summed E-state index contributed by atoms with van der Waals surface area (Å²) in [7, 11) is 0. The normalized spacial score (nSPS) is 13.6. The minimum absolute atomic E-state index is 0.0609. The molecule has 0 spiro atoms. The predicted octanol–water partition coefficient (Wildman–Crippen LogP) is 5.65. The maximum absolute atomic E-state index is 12.0. The lowest BCUT2D eigenvalue weighted by molar-refractivity contribution is -0.0328. The summed E-state index contributed by atoms with van der Waals surface area (Å²) in [6.45, 7) is 0. The first-order valence-corrected chi connectivity index (χ1v) is 8.32. The molecule has 6 heteroatoms. The van der Waals surface area contributed by atoms with E-state index >= 15 is 0 Å². The van der Waals surface area contributed by atoms with Gasteiger partial charge in [0.2, 0.25) is 0 Å². The number of halogens is 5. The third-order valence-electron chi connectivity index (χ3n) is 2.42. The highest BCUT2D eigenvalue weighted by molar-refractivity contribution is 9.10. The molecular formula is C12H13Br2F3S. The second kappa shape index (κ2) is 7.80. The van der Waals surface area contributed by atoms with Gasteiger partial charge >= 0.3 is 5.51 Å². The minimum atomic E-state index is -4.12. The molecule has 1 aromatic rings. The third-order valence-corrected chi connectivity index (χ3v) is 4.60. The Morgan fingerprint density at radius 1 is 1.28 bits per heavy atom. The van der Waals surface area contributed by atoms with E-state index in [1.807, 2.05) is 24.3 Å². The SMILES string of the molecule is FC(F)(F)SCCC(CBr)Cc1cccc(Br)c1. The van der Waals surface area contributed by atoms with Gasteiger partial charge in [-0.1, -0.05) is 55.8 Å². The number of benzene rings is 1. The Kier molecular flexibility index (Phi) is 7.10. The summed E-state index contributed by atoms with van der Waals surface area (Å²) in [6.07, 6.45) is 1.35. The minimum Gasteiger partial charge on any atom is -0.160 e. The molecule has 0 fully saturated rings. The smallest absolute Gasteiger partial charge is 0.160 e. The van der Waals surface area contributed by atoms with Crippen molar-refractivity contribution in [3.63, 3.8) is 0 Å². The van der Waals surface area contributed by atoms with Crippen LogP contribution in [0.25, 0.3) is 0 Å². The van der Waals surface area contributed by atoms with Crippen molar-refractivity contribution in [3.05, 3.63) is 34.3 Å². The van der Waals surface area contributed by atoms with Gasteiger partial charge in [-0.15, -0.1) is 0 Å². The zero-order chi connectivity index (χ0) is 13.6. The van der Waals surface area contributed by atoms with Gasteiger partial charge in [-0.3, -0.25) is 0 Å². The first-order chi connectivity index (χ1) is 8.40. The molecule has 1 unspecified atom stereocenters. The molecule has 1 rings (SSSR count). The standard InChI is InChI=1S/C12H13Br2F3S/c13-8-10(4-5-18-12(15,16)17)6-9-2-1-3-11(14)7-9/h1-3,7,10H,4-6,8H2. The molecule has 0 bridgehead atoms. The van der Waals surface area contributed by atoms with Crippen molar-refractivity contribution in [1.82, 2.24) is 0 Å². The van der Waals surface area contributed by atoms with Crippen LogP contribution >= 0.6 is 43.6 Å². The molecule has 0 aliphatic heterocycles. The molecule has 0 aliphatic carbocycles. The molecule has 0 aliphatic rings. The van der Waals surface area contributed by atoms with Crippen molar-refractivity contribution >= 4 is 43.6 Å². The maximum atomic E-state index is 12.0. The van der Waals surface area contributed by atoms with Crippen LogP contribution in [-0.2, 0) is 6.42 Å². The summed E-state index contributed by atoms with van der Waals surface area (Å²) in [5, 5.41) is 0.720. The molecule has 0 radical (unpaired) electrons. The van der Waals surface area contributed by atoms with Gasteiger partial charge in [-0.2, -0.15) is 13.2 Å². The number of hydrogen-bond acceptors (Lipinski definition) is 1. The van der Waals surface area contributed by atoms with E-state index in [0.717, 1.165) is 21.8 Å². The number of thioether (sulfide) groups is 1. The van der Waals surface area contributed by atoms with Gasteiger partial charge in [-0.05, 0) is 36.5 Å². The van der Waals surface area contributed by atoms with Crippen molar-refractivity contribution in [2.24, 2.45) is 5.92 Å². The van der Waals surface area contributed by atoms with Gasteiger partial charge in [0.15, 0.2) is 0 Å². The molecule has 1 aromatic carbocycles. The van der Waals surface area contributed by atoms with Gasteiger partial charge in [0.05, 0.1) is 0 Å². The lowest BCUT2D eigenvalue weighted by Crippen LogP contribution is -2.10. The van der Waals surface area contributed by atoms with Crippen LogP contribution in [-0.4, -0.2) is 16.6 Å². The number of hydrogen-bond donors (Lipinski definition) is 0. The van der Waals surface area contributed by atoms with Crippen LogP contribution in [0.5, 0.6) is 0 Å². The molecule has 0 saturated heterocycles. The van der Waals surface area contributed by atoms with E-state index in [9.17, 15) is 13.2 Å². The zero-order valence-corrected chi connectivity index (χ0v) is 13.5. The van der Waals surface area contributed by atoms with Gasteiger partial charge in [0.25, 0.3) is 0 Å². The molecule has 18 heavy (non-hydrogen) atoms. The van der Waals surface area contributed by atoms with Crippen LogP contribution in [0.15, 0.2) is 28.7 Å². The maximum Gasteiger partial charge on any atom is 0.441 e. The second-order valence-electron chi connectivity index (χ2n) is 3.94. The highest BCUT2D eigenvalue weighted by Gasteiger charge is 2.27. The first-order valence-electron chi connectivity index (χ1n) is 5.42. The van der Waals surface area contributed by atoms with Crippen molar-refractivity contribution < 1.29 is 13.2 Å². The van der Waals surface area contributed by atoms with Crippen LogP contribution in [0.3, 0.4) is 0 Å². The fourth-order valence-electron chi connectivity index (χ4n) is 1.57. The van der Waals surface area contributed by atoms with Crippen molar-refractivity contribution in [3.8, 4) is 0 Å². The second-order valence-corrected chi connectivity index (χ2v) is 6.66.